The van der Waals surface area contributed by atoms with Gasteiger partial charge in [0.1, 0.15) is 12.4 Å². The van der Waals surface area contributed by atoms with Crippen molar-refractivity contribution in [2.75, 3.05) is 0 Å². The van der Waals surface area contributed by atoms with Crippen LogP contribution in [0.25, 0.3) is 0 Å². The summed E-state index contributed by atoms with van der Waals surface area (Å²) < 4.78 is 6.17. The van der Waals surface area contributed by atoms with Gasteiger partial charge >= 0.3 is 5.97 Å². The minimum absolute atomic E-state index is 0.0349. The van der Waals surface area contributed by atoms with E-state index in [9.17, 15) is 4.79 Å². The lowest BCUT2D eigenvalue weighted by Gasteiger charge is -2.10. The highest BCUT2D eigenvalue weighted by molar-refractivity contribution is 9.10. The summed E-state index contributed by atoms with van der Waals surface area (Å²) in [6, 6.07) is 6.44. The zero-order chi connectivity index (χ0) is 14.7. The van der Waals surface area contributed by atoms with Crippen LogP contribution >= 0.6 is 39.1 Å². The molecule has 0 amide bonds. The zero-order valence-corrected chi connectivity index (χ0v) is 13.0. The Hall–Kier alpha value is -1.30. The van der Waals surface area contributed by atoms with Gasteiger partial charge in [0, 0.05) is 22.3 Å². The molecule has 0 radical (unpaired) electrons. The fraction of sp³-hybridized carbons (Fsp3) is 0.0769. The summed E-state index contributed by atoms with van der Waals surface area (Å²) in [4.78, 5) is 14.8. The van der Waals surface area contributed by atoms with Crippen molar-refractivity contribution >= 4 is 45.1 Å². The molecule has 0 fully saturated rings. The number of carboxylic acid groups (broad SMARTS) is 1. The van der Waals surface area contributed by atoms with Crippen molar-refractivity contribution < 1.29 is 14.6 Å². The highest BCUT2D eigenvalue weighted by atomic mass is 79.9. The summed E-state index contributed by atoms with van der Waals surface area (Å²) in [5.74, 6) is -0.732. The minimum Gasteiger partial charge on any atom is -0.487 e. The van der Waals surface area contributed by atoms with Gasteiger partial charge in [-0.2, -0.15) is 0 Å². The summed E-state index contributed by atoms with van der Waals surface area (Å²) in [6.45, 7) is 0.0349. The number of rotatable bonds is 4. The van der Waals surface area contributed by atoms with E-state index in [4.69, 9.17) is 33.0 Å². The molecule has 20 heavy (non-hydrogen) atoms. The highest BCUT2D eigenvalue weighted by Gasteiger charge is 2.13. The topological polar surface area (TPSA) is 59.4 Å². The maximum absolute atomic E-state index is 11.0. The summed E-state index contributed by atoms with van der Waals surface area (Å²) in [5.41, 5.74) is 0.405. The molecule has 0 aliphatic heterocycles. The number of carbonyl (C=O) groups is 1. The van der Waals surface area contributed by atoms with E-state index in [1.807, 2.05) is 0 Å². The van der Waals surface area contributed by atoms with Crippen LogP contribution in [0.2, 0.25) is 10.0 Å². The number of pyridine rings is 1. The van der Waals surface area contributed by atoms with E-state index in [-0.39, 0.29) is 12.3 Å². The van der Waals surface area contributed by atoms with Gasteiger partial charge < -0.3 is 9.84 Å². The molecule has 0 spiro atoms. The molecule has 0 unspecified atom stereocenters. The van der Waals surface area contributed by atoms with Gasteiger partial charge in [-0.25, -0.2) is 9.78 Å². The van der Waals surface area contributed by atoms with Crippen molar-refractivity contribution in [2.45, 2.75) is 6.61 Å². The van der Waals surface area contributed by atoms with E-state index >= 15 is 0 Å². The van der Waals surface area contributed by atoms with E-state index in [1.54, 1.807) is 24.3 Å². The van der Waals surface area contributed by atoms with Gasteiger partial charge in [0.05, 0.1) is 10.0 Å². The van der Waals surface area contributed by atoms with Crippen LogP contribution in [-0.4, -0.2) is 16.1 Å². The molecule has 7 heteroatoms. The third-order valence-electron chi connectivity index (χ3n) is 2.45. The molecule has 1 aromatic heterocycles. The fourth-order valence-corrected chi connectivity index (χ4v) is 2.37. The molecule has 104 valence electrons. The molecule has 0 atom stereocenters. The largest absolute Gasteiger partial charge is 0.487 e. The lowest BCUT2D eigenvalue weighted by molar-refractivity contribution is 0.0687. The van der Waals surface area contributed by atoms with Crippen molar-refractivity contribution in [1.82, 2.24) is 4.98 Å². The minimum atomic E-state index is -1.11. The average Bonchev–Trinajstić information content (AvgIpc) is 2.41. The number of nitrogens with zero attached hydrogens (tertiary/aromatic N) is 1. The van der Waals surface area contributed by atoms with Crippen LogP contribution in [0, 0.1) is 0 Å². The van der Waals surface area contributed by atoms with Crippen LogP contribution in [0.3, 0.4) is 0 Å². The maximum atomic E-state index is 11.0. The van der Waals surface area contributed by atoms with E-state index in [0.717, 1.165) is 0 Å². The molecule has 1 N–H and O–H groups in total. The van der Waals surface area contributed by atoms with Gasteiger partial charge in [-0.1, -0.05) is 29.3 Å². The number of carboxylic acids is 1. The first-order valence-electron chi connectivity index (χ1n) is 5.43. The quantitative estimate of drug-likeness (QED) is 0.802. The van der Waals surface area contributed by atoms with Crippen LogP contribution in [0.4, 0.5) is 0 Å². The van der Waals surface area contributed by atoms with Crippen LogP contribution in [0.15, 0.2) is 34.9 Å². The summed E-state index contributed by atoms with van der Waals surface area (Å²) in [7, 11) is 0. The Bertz CT molecular complexity index is 664. The van der Waals surface area contributed by atoms with E-state index < -0.39 is 5.97 Å². The fourth-order valence-electron chi connectivity index (χ4n) is 1.52. The van der Waals surface area contributed by atoms with Crippen molar-refractivity contribution in [2.24, 2.45) is 0 Å². The second kappa shape index (κ2) is 6.43. The van der Waals surface area contributed by atoms with Gasteiger partial charge in [0.2, 0.25) is 0 Å². The van der Waals surface area contributed by atoms with Gasteiger partial charge in [-0.3, -0.25) is 0 Å². The second-order valence-corrected chi connectivity index (χ2v) is 5.47. The summed E-state index contributed by atoms with van der Waals surface area (Å²) >= 11 is 15.2. The first-order valence-corrected chi connectivity index (χ1v) is 6.98. The summed E-state index contributed by atoms with van der Waals surface area (Å²) in [6.07, 6.45) is 1.41. The zero-order valence-electron chi connectivity index (χ0n) is 9.94. The Morgan fingerprint density at radius 2 is 2.10 bits per heavy atom. The number of benzene rings is 1. The second-order valence-electron chi connectivity index (χ2n) is 3.80. The summed E-state index contributed by atoms with van der Waals surface area (Å²) in [5, 5.41) is 9.86. The monoisotopic (exact) mass is 375 g/mol. The number of halogens is 3. The number of aromatic carboxylic acids is 1. The van der Waals surface area contributed by atoms with Crippen molar-refractivity contribution in [3.05, 3.63) is 56.2 Å². The molecule has 0 bridgehead atoms. The molecule has 0 aliphatic carbocycles. The van der Waals surface area contributed by atoms with E-state index in [2.05, 4.69) is 20.9 Å². The molecule has 2 rings (SSSR count). The van der Waals surface area contributed by atoms with Gasteiger partial charge in [-0.15, -0.1) is 0 Å². The van der Waals surface area contributed by atoms with Gasteiger partial charge in [-0.05, 0) is 28.1 Å². The number of hydrogen-bond donors (Lipinski definition) is 1. The van der Waals surface area contributed by atoms with Crippen LogP contribution in [0.5, 0.6) is 5.75 Å². The lowest BCUT2D eigenvalue weighted by atomic mass is 10.2. The molecule has 0 saturated heterocycles. The number of hydrogen-bond acceptors (Lipinski definition) is 3. The van der Waals surface area contributed by atoms with Crippen molar-refractivity contribution in [3.63, 3.8) is 0 Å². The van der Waals surface area contributed by atoms with Crippen LogP contribution in [-0.2, 0) is 6.61 Å². The third-order valence-corrected chi connectivity index (χ3v) is 3.94. The smallest absolute Gasteiger partial charge is 0.354 e. The standard InChI is InChI=1S/C13H8BrCl2NO3/c14-8-4-10(16)11(5-9(8)15)20-6-7-2-1-3-17-12(7)13(18)19/h1-5H,6H2,(H,18,19). The molecular weight excluding hydrogens is 369 g/mol. The van der Waals surface area contributed by atoms with Crippen molar-refractivity contribution in [3.8, 4) is 5.75 Å². The Balaban J connectivity index is 2.21. The molecular formula is C13H8BrCl2NO3. The maximum Gasteiger partial charge on any atom is 0.354 e. The number of aromatic nitrogens is 1. The third kappa shape index (κ3) is 3.42. The highest BCUT2D eigenvalue weighted by Crippen LogP contribution is 2.34. The molecule has 0 aliphatic rings. The Morgan fingerprint density at radius 3 is 2.80 bits per heavy atom. The Labute approximate surface area is 133 Å². The first kappa shape index (κ1) is 15.1. The normalized spacial score (nSPS) is 10.3. The molecule has 4 nitrogen and oxygen atoms in total. The predicted octanol–water partition coefficient (Wildman–Crippen LogP) is 4.43. The van der Waals surface area contributed by atoms with Crippen LogP contribution < -0.4 is 4.74 Å². The first-order chi connectivity index (χ1) is 9.49. The molecule has 0 saturated carbocycles. The predicted molar refractivity (Wildman–Crippen MR) is 79.7 cm³/mol. The molecule has 2 aromatic rings. The van der Waals surface area contributed by atoms with Crippen molar-refractivity contribution in [1.29, 1.82) is 0 Å². The molecule has 1 aromatic carbocycles. The van der Waals surface area contributed by atoms with Gasteiger partial charge in [0.25, 0.3) is 0 Å². The van der Waals surface area contributed by atoms with Crippen LogP contribution in [0.1, 0.15) is 16.1 Å². The number of ether oxygens (including phenoxy) is 1. The van der Waals surface area contributed by atoms with Gasteiger partial charge in [0.15, 0.2) is 5.69 Å². The average molecular weight is 377 g/mol. The SMILES string of the molecule is O=C(O)c1ncccc1COc1cc(Cl)c(Br)cc1Cl. The van der Waals surface area contributed by atoms with E-state index in [0.29, 0.717) is 25.8 Å². The lowest BCUT2D eigenvalue weighted by Crippen LogP contribution is -2.08. The Morgan fingerprint density at radius 1 is 1.35 bits per heavy atom. The Kier molecular flexibility index (Phi) is 4.86. The molecule has 1 heterocycles. The van der Waals surface area contributed by atoms with E-state index in [1.165, 1.54) is 6.20 Å².